The molecule has 9 heteroatoms. The Hall–Kier alpha value is -3.49. The molecule has 0 saturated heterocycles. The number of anilines is 2. The number of aromatic nitrogens is 4. The lowest BCUT2D eigenvalue weighted by atomic mass is 10.3. The number of urea groups is 1. The smallest absolute Gasteiger partial charge is 0.319 e. The SMILES string of the molecule is Cc1cc(C)n(-c2cc(NCCNC(=O)Nc3ccccc3F)ncn2)n1. The van der Waals surface area contributed by atoms with Gasteiger partial charge in [-0.3, -0.25) is 0 Å². The molecular weight excluding hydrogens is 349 g/mol. The maximum atomic E-state index is 13.5. The third-order valence-electron chi connectivity index (χ3n) is 3.72. The number of carbonyl (C=O) groups is 1. The third kappa shape index (κ3) is 4.78. The number of nitrogens with zero attached hydrogens (tertiary/aromatic N) is 4. The molecule has 27 heavy (non-hydrogen) atoms. The first kappa shape index (κ1) is 18.3. The van der Waals surface area contributed by atoms with E-state index in [2.05, 4.69) is 31.0 Å². The summed E-state index contributed by atoms with van der Waals surface area (Å²) >= 11 is 0. The van der Waals surface area contributed by atoms with E-state index in [9.17, 15) is 9.18 Å². The normalized spacial score (nSPS) is 10.5. The van der Waals surface area contributed by atoms with Gasteiger partial charge in [0.15, 0.2) is 5.82 Å². The molecule has 0 radical (unpaired) electrons. The Labute approximate surface area is 155 Å². The Morgan fingerprint density at radius 2 is 1.96 bits per heavy atom. The highest BCUT2D eigenvalue weighted by Gasteiger charge is 2.07. The van der Waals surface area contributed by atoms with Crippen molar-refractivity contribution in [3.05, 3.63) is 59.9 Å². The first-order valence-corrected chi connectivity index (χ1v) is 8.42. The van der Waals surface area contributed by atoms with Gasteiger partial charge in [0.05, 0.1) is 11.4 Å². The Morgan fingerprint density at radius 1 is 1.15 bits per heavy atom. The molecule has 2 aromatic heterocycles. The molecule has 0 spiro atoms. The molecule has 3 rings (SSSR count). The van der Waals surface area contributed by atoms with Crippen LogP contribution in [0.1, 0.15) is 11.4 Å². The van der Waals surface area contributed by atoms with Gasteiger partial charge in [0.1, 0.15) is 18.0 Å². The first-order valence-electron chi connectivity index (χ1n) is 8.42. The molecule has 1 aromatic carbocycles. The van der Waals surface area contributed by atoms with Crippen LogP contribution in [0.25, 0.3) is 5.82 Å². The minimum atomic E-state index is -0.483. The summed E-state index contributed by atoms with van der Waals surface area (Å²) in [6.45, 7) is 4.65. The quantitative estimate of drug-likeness (QED) is 0.581. The molecule has 0 aliphatic heterocycles. The average molecular weight is 369 g/mol. The highest BCUT2D eigenvalue weighted by atomic mass is 19.1. The van der Waals surface area contributed by atoms with Crippen molar-refractivity contribution in [2.24, 2.45) is 0 Å². The van der Waals surface area contributed by atoms with Gasteiger partial charge in [0.25, 0.3) is 0 Å². The van der Waals surface area contributed by atoms with Crippen LogP contribution < -0.4 is 16.0 Å². The monoisotopic (exact) mass is 369 g/mol. The summed E-state index contributed by atoms with van der Waals surface area (Å²) in [7, 11) is 0. The van der Waals surface area contributed by atoms with Crippen LogP contribution in [0.4, 0.5) is 20.7 Å². The average Bonchev–Trinajstić information content (AvgIpc) is 2.99. The van der Waals surface area contributed by atoms with E-state index >= 15 is 0 Å². The zero-order valence-electron chi connectivity index (χ0n) is 15.0. The molecule has 0 unspecified atom stereocenters. The van der Waals surface area contributed by atoms with Crippen molar-refractivity contribution >= 4 is 17.5 Å². The Kier molecular flexibility index (Phi) is 5.60. The molecular formula is C18H20FN7O. The van der Waals surface area contributed by atoms with Crippen molar-refractivity contribution in [3.63, 3.8) is 0 Å². The predicted molar refractivity (Wildman–Crippen MR) is 101 cm³/mol. The highest BCUT2D eigenvalue weighted by molar-refractivity contribution is 5.89. The van der Waals surface area contributed by atoms with Crippen LogP contribution in [-0.2, 0) is 0 Å². The van der Waals surface area contributed by atoms with Crippen molar-refractivity contribution in [2.75, 3.05) is 23.7 Å². The summed E-state index contributed by atoms with van der Waals surface area (Å²) in [4.78, 5) is 20.2. The van der Waals surface area contributed by atoms with Gasteiger partial charge in [-0.2, -0.15) is 5.10 Å². The maximum absolute atomic E-state index is 13.5. The lowest BCUT2D eigenvalue weighted by Gasteiger charge is -2.10. The second-order valence-electron chi connectivity index (χ2n) is 5.89. The molecule has 8 nitrogen and oxygen atoms in total. The van der Waals surface area contributed by atoms with E-state index in [0.29, 0.717) is 24.7 Å². The number of aryl methyl sites for hydroxylation is 2. The van der Waals surface area contributed by atoms with Gasteiger partial charge in [-0.15, -0.1) is 0 Å². The van der Waals surface area contributed by atoms with Gasteiger partial charge >= 0.3 is 6.03 Å². The number of hydrogen-bond donors (Lipinski definition) is 3. The van der Waals surface area contributed by atoms with Crippen LogP contribution in [0.5, 0.6) is 0 Å². The number of carbonyl (C=O) groups excluding carboxylic acids is 1. The fourth-order valence-corrected chi connectivity index (χ4v) is 2.52. The summed E-state index contributed by atoms with van der Waals surface area (Å²) < 4.78 is 15.2. The van der Waals surface area contributed by atoms with E-state index in [0.717, 1.165) is 11.4 Å². The van der Waals surface area contributed by atoms with E-state index in [-0.39, 0.29) is 5.69 Å². The highest BCUT2D eigenvalue weighted by Crippen LogP contribution is 2.13. The Balaban J connectivity index is 1.49. The van der Waals surface area contributed by atoms with Crippen molar-refractivity contribution in [2.45, 2.75) is 13.8 Å². The van der Waals surface area contributed by atoms with Crippen molar-refractivity contribution in [3.8, 4) is 5.82 Å². The van der Waals surface area contributed by atoms with E-state index in [4.69, 9.17) is 0 Å². The van der Waals surface area contributed by atoms with E-state index in [1.807, 2.05) is 19.9 Å². The second kappa shape index (κ2) is 8.26. The van der Waals surface area contributed by atoms with Crippen LogP contribution in [0, 0.1) is 19.7 Å². The number of para-hydroxylation sites is 1. The number of nitrogens with one attached hydrogen (secondary N) is 3. The number of benzene rings is 1. The zero-order chi connectivity index (χ0) is 19.2. The summed E-state index contributed by atoms with van der Waals surface area (Å²) in [5, 5.41) is 12.6. The minimum Gasteiger partial charge on any atom is -0.368 e. The molecule has 3 N–H and O–H groups in total. The largest absolute Gasteiger partial charge is 0.368 e. The summed E-state index contributed by atoms with van der Waals surface area (Å²) in [6, 6.07) is 9.25. The maximum Gasteiger partial charge on any atom is 0.319 e. The molecule has 0 saturated carbocycles. The fraction of sp³-hybridized carbons (Fsp3) is 0.222. The van der Waals surface area contributed by atoms with Gasteiger partial charge in [0.2, 0.25) is 0 Å². The van der Waals surface area contributed by atoms with Crippen LogP contribution in [0.15, 0.2) is 42.7 Å². The number of hydrogen-bond acceptors (Lipinski definition) is 5. The number of amides is 2. The second-order valence-corrected chi connectivity index (χ2v) is 5.89. The van der Waals surface area contributed by atoms with Gasteiger partial charge in [-0.25, -0.2) is 23.8 Å². The zero-order valence-corrected chi connectivity index (χ0v) is 15.0. The summed E-state index contributed by atoms with van der Waals surface area (Å²) in [5.41, 5.74) is 2.02. The molecule has 2 amide bonds. The summed E-state index contributed by atoms with van der Waals surface area (Å²) in [6.07, 6.45) is 1.45. The van der Waals surface area contributed by atoms with E-state index < -0.39 is 11.8 Å². The molecule has 0 aliphatic carbocycles. The van der Waals surface area contributed by atoms with Gasteiger partial charge < -0.3 is 16.0 Å². The standard InChI is InChI=1S/C18H20FN7O/c1-12-9-13(2)26(25-12)17-10-16(22-11-23-17)20-7-8-21-18(27)24-15-6-4-3-5-14(15)19/h3-6,9-11H,7-8H2,1-2H3,(H,20,22,23)(H2,21,24,27). The summed E-state index contributed by atoms with van der Waals surface area (Å²) in [5.74, 6) is 0.788. The number of halogens is 1. The van der Waals surface area contributed by atoms with E-state index in [1.54, 1.807) is 22.9 Å². The molecule has 140 valence electrons. The number of rotatable bonds is 6. The first-order chi connectivity index (χ1) is 13.0. The van der Waals surface area contributed by atoms with Gasteiger partial charge in [-0.1, -0.05) is 12.1 Å². The molecule has 2 heterocycles. The lowest BCUT2D eigenvalue weighted by Crippen LogP contribution is -2.33. The van der Waals surface area contributed by atoms with Crippen molar-refractivity contribution in [1.29, 1.82) is 0 Å². The van der Waals surface area contributed by atoms with Crippen LogP contribution in [-0.4, -0.2) is 38.9 Å². The molecule has 0 bridgehead atoms. The van der Waals surface area contributed by atoms with Crippen molar-refractivity contribution < 1.29 is 9.18 Å². The third-order valence-corrected chi connectivity index (χ3v) is 3.72. The van der Waals surface area contributed by atoms with Gasteiger partial charge in [0, 0.05) is 24.8 Å². The van der Waals surface area contributed by atoms with E-state index in [1.165, 1.54) is 18.5 Å². The van der Waals surface area contributed by atoms with Crippen LogP contribution >= 0.6 is 0 Å². The molecule has 0 atom stereocenters. The molecule has 3 aromatic rings. The minimum absolute atomic E-state index is 0.133. The van der Waals surface area contributed by atoms with Crippen LogP contribution in [0.3, 0.4) is 0 Å². The van der Waals surface area contributed by atoms with Crippen molar-refractivity contribution in [1.82, 2.24) is 25.1 Å². The molecule has 0 aliphatic rings. The predicted octanol–water partition coefficient (Wildman–Crippen LogP) is 2.65. The lowest BCUT2D eigenvalue weighted by molar-refractivity contribution is 0.252. The Bertz CT molecular complexity index is 941. The topological polar surface area (TPSA) is 96.8 Å². The fourth-order valence-electron chi connectivity index (χ4n) is 2.52. The van der Waals surface area contributed by atoms with Crippen LogP contribution in [0.2, 0.25) is 0 Å². The Morgan fingerprint density at radius 3 is 2.70 bits per heavy atom. The molecule has 0 fully saturated rings. The van der Waals surface area contributed by atoms with Gasteiger partial charge in [-0.05, 0) is 32.0 Å².